The summed E-state index contributed by atoms with van der Waals surface area (Å²) in [5, 5.41) is 23.1. The molecule has 10 nitrogen and oxygen atoms in total. The molecule has 11 heteroatoms. The van der Waals surface area contributed by atoms with Crippen LogP contribution < -0.4 is 20.3 Å². The Morgan fingerprint density at radius 2 is 2.15 bits per heavy atom. The Labute approximate surface area is 196 Å². The number of hydrogen-bond acceptors (Lipinski definition) is 7. The molecule has 1 saturated heterocycles. The maximum Gasteiger partial charge on any atom is 0.408 e. The van der Waals surface area contributed by atoms with E-state index in [9.17, 15) is 14.4 Å². The number of H-pyrrole nitrogens is 1. The molecule has 1 atom stereocenters. The van der Waals surface area contributed by atoms with Gasteiger partial charge in [-0.05, 0) is 44.1 Å². The topological polar surface area (TPSA) is 123 Å². The highest BCUT2D eigenvalue weighted by atomic mass is 19.1. The number of carbonyl (C=O) groups is 1. The van der Waals surface area contributed by atoms with Crippen molar-refractivity contribution < 1.29 is 19.1 Å². The van der Waals surface area contributed by atoms with Crippen LogP contribution in [0.4, 0.5) is 27.7 Å². The normalized spacial score (nSPS) is 17.3. The first-order valence-corrected chi connectivity index (χ1v) is 11.6. The third-order valence-corrected chi connectivity index (χ3v) is 6.35. The van der Waals surface area contributed by atoms with Crippen LogP contribution in [0.25, 0.3) is 0 Å². The predicted octanol–water partition coefficient (Wildman–Crippen LogP) is 2.83. The van der Waals surface area contributed by atoms with Crippen LogP contribution in [0.3, 0.4) is 0 Å². The number of hydrogen-bond donors (Lipinski definition) is 4. The number of aryl methyl sites for hydroxylation is 1. The molecule has 1 fully saturated rings. The van der Waals surface area contributed by atoms with Gasteiger partial charge in [0.1, 0.15) is 17.5 Å². The number of pyridine rings is 1. The van der Waals surface area contributed by atoms with Crippen molar-refractivity contribution in [2.24, 2.45) is 0 Å². The fourth-order valence-electron chi connectivity index (χ4n) is 4.52. The van der Waals surface area contributed by atoms with E-state index in [0.717, 1.165) is 60.7 Å². The van der Waals surface area contributed by atoms with Crippen LogP contribution >= 0.6 is 0 Å². The first kappa shape index (κ1) is 22.1. The van der Waals surface area contributed by atoms with Gasteiger partial charge in [-0.15, -0.1) is 4.39 Å². The monoisotopic (exact) mass is 467 g/mol. The molecule has 3 aromatic heterocycles. The number of fused-ring (bicyclic) bond motifs is 1. The molecule has 1 aliphatic heterocycles. The third kappa shape index (κ3) is 4.25. The van der Waals surface area contributed by atoms with E-state index >= 15 is 0 Å². The minimum Gasteiger partial charge on any atom is -0.329 e. The maximum atomic E-state index is 13.3. The molecule has 1 amide bonds. The van der Waals surface area contributed by atoms with Gasteiger partial charge in [-0.25, -0.2) is 4.98 Å². The predicted molar refractivity (Wildman–Crippen MR) is 123 cm³/mol. The lowest BCUT2D eigenvalue weighted by Gasteiger charge is -2.25. The molecule has 4 heterocycles. The van der Waals surface area contributed by atoms with Gasteiger partial charge in [0.2, 0.25) is 18.1 Å². The van der Waals surface area contributed by atoms with Gasteiger partial charge >= 0.3 is 5.95 Å². The second kappa shape index (κ2) is 8.88. The van der Waals surface area contributed by atoms with Crippen molar-refractivity contribution in [1.29, 1.82) is 0 Å². The Morgan fingerprint density at radius 3 is 2.91 bits per heavy atom. The molecule has 0 saturated carbocycles. The van der Waals surface area contributed by atoms with Crippen LogP contribution in [0.15, 0.2) is 24.4 Å². The Balaban J connectivity index is 1.40. The van der Waals surface area contributed by atoms with E-state index in [2.05, 4.69) is 34.7 Å². The molecule has 3 aromatic rings. The van der Waals surface area contributed by atoms with Crippen LogP contribution in [0, 0.1) is 5.95 Å². The number of amides is 1. The maximum absolute atomic E-state index is 13.3. The van der Waals surface area contributed by atoms with Gasteiger partial charge in [0, 0.05) is 34.7 Å². The lowest BCUT2D eigenvalue weighted by atomic mass is 10.1. The average molecular weight is 468 g/mol. The van der Waals surface area contributed by atoms with Crippen molar-refractivity contribution in [2.45, 2.75) is 57.9 Å². The van der Waals surface area contributed by atoms with Crippen LogP contribution in [-0.2, 0) is 17.6 Å². The quantitative estimate of drug-likeness (QED) is 0.250. The minimum absolute atomic E-state index is 0.253. The summed E-state index contributed by atoms with van der Waals surface area (Å²) in [4.78, 5) is 24.6. The summed E-state index contributed by atoms with van der Waals surface area (Å²) in [5.41, 5.74) is 3.43. The minimum atomic E-state index is -0.815. The molecular weight excluding hydrogens is 439 g/mol. The fourth-order valence-corrected chi connectivity index (χ4v) is 4.52. The summed E-state index contributed by atoms with van der Waals surface area (Å²) in [7, 11) is 0. The van der Waals surface area contributed by atoms with Crippen molar-refractivity contribution in [1.82, 2.24) is 20.2 Å². The van der Waals surface area contributed by atoms with Crippen molar-refractivity contribution in [3.63, 3.8) is 0 Å². The van der Waals surface area contributed by atoms with Crippen molar-refractivity contribution in [2.75, 3.05) is 22.1 Å². The standard InChI is InChI=1S/C23H27FN8O2/c1-13(2)17-11-20(30-29-17)27-21-15-5-3-6-16(15)26-23(28-21)31-10-4-7-18(31)22(33)25-14-8-9-19(24)32(34)12-14/h8-9,11-13,18H,3-7,10H2,1-2H3,(H3-,25,26,27,28,29,30,33,34)/p+1. The molecule has 0 aromatic carbocycles. The summed E-state index contributed by atoms with van der Waals surface area (Å²) in [6, 6.07) is 4.00. The first-order valence-electron chi connectivity index (χ1n) is 11.6. The Bertz CT molecular complexity index is 1230. The lowest BCUT2D eigenvalue weighted by Crippen LogP contribution is -2.41. The first-order chi connectivity index (χ1) is 16.4. The van der Waals surface area contributed by atoms with E-state index < -0.39 is 12.0 Å². The van der Waals surface area contributed by atoms with E-state index in [-0.39, 0.29) is 5.91 Å². The molecule has 0 bridgehead atoms. The Morgan fingerprint density at radius 1 is 1.29 bits per heavy atom. The lowest BCUT2D eigenvalue weighted by molar-refractivity contribution is -0.923. The highest BCUT2D eigenvalue weighted by molar-refractivity contribution is 5.96. The third-order valence-electron chi connectivity index (χ3n) is 6.35. The van der Waals surface area contributed by atoms with Gasteiger partial charge in [0.15, 0.2) is 5.82 Å². The van der Waals surface area contributed by atoms with Gasteiger partial charge in [-0.1, -0.05) is 13.8 Å². The smallest absolute Gasteiger partial charge is 0.329 e. The zero-order valence-corrected chi connectivity index (χ0v) is 19.2. The summed E-state index contributed by atoms with van der Waals surface area (Å²) in [6.07, 6.45) is 5.36. The number of anilines is 4. The van der Waals surface area contributed by atoms with E-state index in [1.807, 2.05) is 11.0 Å². The van der Waals surface area contributed by atoms with Crippen molar-refractivity contribution in [3.05, 3.63) is 47.3 Å². The summed E-state index contributed by atoms with van der Waals surface area (Å²) in [6.45, 7) is 4.85. The number of nitrogens with zero attached hydrogens (tertiary/aromatic N) is 5. The second-order valence-corrected chi connectivity index (χ2v) is 9.06. The average Bonchev–Trinajstić information content (AvgIpc) is 3.56. The van der Waals surface area contributed by atoms with Gasteiger partial charge in [-0.3, -0.25) is 15.1 Å². The Hall–Kier alpha value is -3.76. The zero-order chi connectivity index (χ0) is 23.8. The zero-order valence-electron chi connectivity index (χ0n) is 19.2. The molecule has 4 N–H and O–H groups in total. The molecule has 178 valence electrons. The molecule has 2 aliphatic rings. The van der Waals surface area contributed by atoms with Crippen molar-refractivity contribution >= 4 is 29.2 Å². The number of aromatic nitrogens is 5. The Kier molecular flexibility index (Phi) is 5.76. The fraction of sp³-hybridized carbons (Fsp3) is 0.435. The summed E-state index contributed by atoms with van der Waals surface area (Å²) >= 11 is 0. The van der Waals surface area contributed by atoms with Crippen LogP contribution in [0.5, 0.6) is 0 Å². The van der Waals surface area contributed by atoms with E-state index in [1.165, 1.54) is 6.07 Å². The molecule has 0 spiro atoms. The van der Waals surface area contributed by atoms with Crippen LogP contribution in [-0.4, -0.2) is 43.9 Å². The van der Waals surface area contributed by atoms with Crippen LogP contribution in [0.1, 0.15) is 56.0 Å². The number of aromatic amines is 1. The molecule has 0 radical (unpaired) electrons. The molecular formula is C23H28FN8O2+. The summed E-state index contributed by atoms with van der Waals surface area (Å²) in [5.74, 6) is 1.20. The molecule has 1 unspecified atom stereocenters. The van der Waals surface area contributed by atoms with Gasteiger partial charge in [-0.2, -0.15) is 10.1 Å². The highest BCUT2D eigenvalue weighted by Crippen LogP contribution is 2.33. The van der Waals surface area contributed by atoms with Crippen LogP contribution in [0.2, 0.25) is 0 Å². The SMILES string of the molecule is CC(C)c1cc(Nc2nc(N3CCCC3C(=O)Nc3ccc(F)[n+](O)c3)nc3c2CCC3)n[nH]1. The van der Waals surface area contributed by atoms with E-state index in [4.69, 9.17) is 9.97 Å². The second-order valence-electron chi connectivity index (χ2n) is 9.06. The molecule has 1 aliphatic carbocycles. The van der Waals surface area contributed by atoms with E-state index in [1.54, 1.807) is 0 Å². The molecule has 5 rings (SSSR count). The van der Waals surface area contributed by atoms with Gasteiger partial charge < -0.3 is 15.5 Å². The number of carbonyl (C=O) groups excluding carboxylic acids is 1. The van der Waals surface area contributed by atoms with Gasteiger partial charge in [0.25, 0.3) is 0 Å². The van der Waals surface area contributed by atoms with Crippen molar-refractivity contribution in [3.8, 4) is 0 Å². The number of nitrogens with one attached hydrogen (secondary N) is 3. The highest BCUT2D eigenvalue weighted by Gasteiger charge is 2.34. The number of rotatable bonds is 6. The molecule has 34 heavy (non-hydrogen) atoms. The summed E-state index contributed by atoms with van der Waals surface area (Å²) < 4.78 is 13.7. The number of halogens is 1. The largest absolute Gasteiger partial charge is 0.408 e. The van der Waals surface area contributed by atoms with E-state index in [0.29, 0.717) is 41.1 Å². The van der Waals surface area contributed by atoms with Gasteiger partial charge in [0.05, 0.1) is 5.69 Å².